The molecule has 1 N–H and O–H groups in total. The molecule has 1 fully saturated rings. The Labute approximate surface area is 160 Å². The summed E-state index contributed by atoms with van der Waals surface area (Å²) in [4.78, 5) is 29.2. The molecule has 3 heterocycles. The van der Waals surface area contributed by atoms with Crippen LogP contribution in [0.25, 0.3) is 0 Å². The number of carbonyl (C=O) groups excluding carboxylic acids is 1. The summed E-state index contributed by atoms with van der Waals surface area (Å²) in [6.07, 6.45) is 4.78. The normalized spacial score (nSPS) is 16.6. The number of nitrogens with zero attached hydrogens (tertiary/aromatic N) is 5. The van der Waals surface area contributed by atoms with E-state index in [0.29, 0.717) is 6.04 Å². The summed E-state index contributed by atoms with van der Waals surface area (Å²) in [6, 6.07) is 2.45. The summed E-state index contributed by atoms with van der Waals surface area (Å²) in [5.74, 6) is 0.973. The van der Waals surface area contributed by atoms with Gasteiger partial charge < -0.3 is 15.1 Å². The first-order valence-corrected chi connectivity index (χ1v) is 9.31. The molecule has 1 saturated heterocycles. The van der Waals surface area contributed by atoms with Crippen LogP contribution in [0.4, 0.5) is 5.82 Å². The van der Waals surface area contributed by atoms with E-state index in [1.165, 1.54) is 16.0 Å². The molecule has 0 aliphatic carbocycles. The summed E-state index contributed by atoms with van der Waals surface area (Å²) < 4.78 is 0. The second-order valence-corrected chi connectivity index (χ2v) is 7.40. The molecule has 0 radical (unpaired) electrons. The number of rotatable bonds is 5. The van der Waals surface area contributed by atoms with E-state index in [1.807, 2.05) is 26.2 Å². The maximum atomic E-state index is 12.3. The van der Waals surface area contributed by atoms with E-state index < -0.39 is 0 Å². The highest BCUT2D eigenvalue weighted by Crippen LogP contribution is 2.24. The molecule has 0 saturated carbocycles. The molecule has 0 unspecified atom stereocenters. The highest BCUT2D eigenvalue weighted by molar-refractivity contribution is 5.90. The monoisotopic (exact) mass is 368 g/mol. The second-order valence-electron chi connectivity index (χ2n) is 7.40. The molecule has 2 aromatic rings. The van der Waals surface area contributed by atoms with Crippen molar-refractivity contribution in [3.8, 4) is 0 Å². The third-order valence-electron chi connectivity index (χ3n) is 5.17. The smallest absolute Gasteiger partial charge is 0.291 e. The zero-order valence-electron chi connectivity index (χ0n) is 16.8. The fourth-order valence-electron chi connectivity index (χ4n) is 3.29. The van der Waals surface area contributed by atoms with Crippen LogP contribution in [0.15, 0.2) is 18.5 Å². The average Bonchev–Trinajstić information content (AvgIpc) is 3.11. The zero-order chi connectivity index (χ0) is 19.6. The van der Waals surface area contributed by atoms with Crippen LogP contribution in [0.3, 0.4) is 0 Å². The number of hydrogen-bond donors (Lipinski definition) is 1. The molecule has 7 heteroatoms. The predicted octanol–water partition coefficient (Wildman–Crippen LogP) is 1.87. The van der Waals surface area contributed by atoms with Gasteiger partial charge in [0.1, 0.15) is 5.82 Å². The van der Waals surface area contributed by atoms with Gasteiger partial charge in [-0.25, -0.2) is 9.97 Å². The van der Waals surface area contributed by atoms with E-state index in [9.17, 15) is 4.79 Å². The molecule has 7 nitrogen and oxygen atoms in total. The van der Waals surface area contributed by atoms with Gasteiger partial charge in [-0.05, 0) is 44.4 Å². The Bertz CT molecular complexity index is 835. The molecule has 1 amide bonds. The number of hydrogen-bond acceptors (Lipinski definition) is 6. The first-order valence-electron chi connectivity index (χ1n) is 9.31. The number of carbonyl (C=O) groups is 1. The van der Waals surface area contributed by atoms with Crippen LogP contribution < -0.4 is 10.2 Å². The van der Waals surface area contributed by atoms with E-state index in [0.717, 1.165) is 43.1 Å². The highest BCUT2D eigenvalue weighted by atomic mass is 16.2. The Morgan fingerprint density at radius 3 is 2.78 bits per heavy atom. The minimum atomic E-state index is -0.165. The molecular formula is C20H28N6O. The average molecular weight is 368 g/mol. The molecule has 3 rings (SSSR count). The minimum Gasteiger partial charge on any atom is -0.355 e. The Hall–Kier alpha value is -2.54. The van der Waals surface area contributed by atoms with Crippen molar-refractivity contribution in [3.63, 3.8) is 0 Å². The van der Waals surface area contributed by atoms with Crippen LogP contribution in [-0.4, -0.2) is 59.0 Å². The van der Waals surface area contributed by atoms with Crippen molar-refractivity contribution in [3.05, 3.63) is 46.7 Å². The van der Waals surface area contributed by atoms with Gasteiger partial charge in [-0.15, -0.1) is 0 Å². The molecule has 1 aliphatic heterocycles. The number of amides is 1. The first kappa shape index (κ1) is 19.2. The van der Waals surface area contributed by atoms with Crippen LogP contribution in [0.5, 0.6) is 0 Å². The lowest BCUT2D eigenvalue weighted by Crippen LogP contribution is -2.33. The maximum absolute atomic E-state index is 12.3. The third-order valence-corrected chi connectivity index (χ3v) is 5.17. The second kappa shape index (κ2) is 8.00. The van der Waals surface area contributed by atoms with Crippen molar-refractivity contribution in [2.45, 2.75) is 39.8 Å². The predicted molar refractivity (Wildman–Crippen MR) is 106 cm³/mol. The van der Waals surface area contributed by atoms with Crippen LogP contribution in [0.2, 0.25) is 0 Å². The highest BCUT2D eigenvalue weighted by Gasteiger charge is 2.26. The van der Waals surface area contributed by atoms with Crippen molar-refractivity contribution in [2.24, 2.45) is 0 Å². The summed E-state index contributed by atoms with van der Waals surface area (Å²) in [7, 11) is 3.44. The van der Waals surface area contributed by atoms with E-state index in [-0.39, 0.29) is 11.7 Å². The molecule has 144 valence electrons. The molecule has 1 aliphatic rings. The Morgan fingerprint density at radius 1 is 1.30 bits per heavy atom. The quantitative estimate of drug-likeness (QED) is 0.868. The van der Waals surface area contributed by atoms with Gasteiger partial charge in [0.25, 0.3) is 5.91 Å². The van der Waals surface area contributed by atoms with Gasteiger partial charge in [0.15, 0.2) is 0 Å². The number of pyridine rings is 1. The molecule has 2 aromatic heterocycles. The van der Waals surface area contributed by atoms with Gasteiger partial charge >= 0.3 is 0 Å². The van der Waals surface area contributed by atoms with Gasteiger partial charge in [0.2, 0.25) is 5.82 Å². The molecule has 0 spiro atoms. The van der Waals surface area contributed by atoms with Gasteiger partial charge in [0.05, 0.1) is 0 Å². The Morgan fingerprint density at radius 2 is 2.07 bits per heavy atom. The van der Waals surface area contributed by atoms with Crippen molar-refractivity contribution >= 4 is 11.7 Å². The Balaban J connectivity index is 1.71. The van der Waals surface area contributed by atoms with E-state index in [4.69, 9.17) is 0 Å². The van der Waals surface area contributed by atoms with Crippen LogP contribution >= 0.6 is 0 Å². The first-order chi connectivity index (χ1) is 12.9. The van der Waals surface area contributed by atoms with Crippen molar-refractivity contribution < 1.29 is 4.79 Å². The van der Waals surface area contributed by atoms with Crippen molar-refractivity contribution in [2.75, 3.05) is 32.1 Å². The summed E-state index contributed by atoms with van der Waals surface area (Å²) in [6.45, 7) is 8.66. The largest absolute Gasteiger partial charge is 0.355 e. The van der Waals surface area contributed by atoms with Crippen molar-refractivity contribution in [1.29, 1.82) is 0 Å². The molecule has 1 atom stereocenters. The van der Waals surface area contributed by atoms with E-state index in [2.05, 4.69) is 38.2 Å². The molecule has 0 aromatic carbocycles. The number of aromatic nitrogens is 3. The van der Waals surface area contributed by atoms with E-state index >= 15 is 0 Å². The zero-order valence-corrected chi connectivity index (χ0v) is 16.8. The third kappa shape index (κ3) is 4.24. The van der Waals surface area contributed by atoms with Gasteiger partial charge in [-0.1, -0.05) is 0 Å². The van der Waals surface area contributed by atoms with Gasteiger partial charge in [0, 0.05) is 63.4 Å². The number of nitrogens with one attached hydrogen (secondary N) is 1. The van der Waals surface area contributed by atoms with Crippen molar-refractivity contribution in [1.82, 2.24) is 25.2 Å². The summed E-state index contributed by atoms with van der Waals surface area (Å²) >= 11 is 0. The summed E-state index contributed by atoms with van der Waals surface area (Å²) in [5, 5.41) is 3.64. The SMILES string of the molecule is Cc1cnccc1CN[C@@H]1CCN(c2nc(C(=O)N(C)C)nc(C)c2C)C1. The number of aryl methyl sites for hydroxylation is 2. The summed E-state index contributed by atoms with van der Waals surface area (Å²) in [5.41, 5.74) is 4.37. The topological polar surface area (TPSA) is 74.2 Å². The van der Waals surface area contributed by atoms with Gasteiger partial charge in [-0.2, -0.15) is 0 Å². The fraction of sp³-hybridized carbons (Fsp3) is 0.500. The number of anilines is 1. The van der Waals surface area contributed by atoms with Crippen LogP contribution in [-0.2, 0) is 6.54 Å². The molecule has 0 bridgehead atoms. The minimum absolute atomic E-state index is 0.165. The lowest BCUT2D eigenvalue weighted by atomic mass is 10.1. The van der Waals surface area contributed by atoms with Crippen LogP contribution in [0, 0.1) is 20.8 Å². The van der Waals surface area contributed by atoms with E-state index in [1.54, 1.807) is 14.1 Å². The fourth-order valence-corrected chi connectivity index (χ4v) is 3.29. The maximum Gasteiger partial charge on any atom is 0.291 e. The molecule has 27 heavy (non-hydrogen) atoms. The molecular weight excluding hydrogens is 340 g/mol. The standard InChI is InChI=1S/C20H28N6O/c1-13-10-21-8-6-16(13)11-22-17-7-9-26(12-17)19-14(2)15(3)23-18(24-19)20(27)25(4)5/h6,8,10,17,22H,7,9,11-12H2,1-5H3/t17-/m1/s1. The van der Waals surface area contributed by atoms with Crippen LogP contribution in [0.1, 0.15) is 39.4 Å². The lowest BCUT2D eigenvalue weighted by Gasteiger charge is -2.22. The Kier molecular flexibility index (Phi) is 5.70. The lowest BCUT2D eigenvalue weighted by molar-refractivity contribution is 0.0815. The van der Waals surface area contributed by atoms with Gasteiger partial charge in [-0.3, -0.25) is 9.78 Å².